The number of fused-ring (bicyclic) bond motifs is 1. The van der Waals surface area contributed by atoms with Gasteiger partial charge in [-0.05, 0) is 29.8 Å². The molecule has 2 aromatic rings. The molecule has 1 aliphatic rings. The lowest BCUT2D eigenvalue weighted by molar-refractivity contribution is -0.118. The Hall–Kier alpha value is -2.27. The molecule has 0 fully saturated rings. The third kappa shape index (κ3) is 2.99. The lowest BCUT2D eigenvalue weighted by Crippen LogP contribution is -2.29. The van der Waals surface area contributed by atoms with Gasteiger partial charge in [-0.2, -0.15) is 0 Å². The van der Waals surface area contributed by atoms with Crippen molar-refractivity contribution >= 4 is 29.3 Å². The molecule has 1 amide bonds. The number of nitrogens with zero attached hydrogens (tertiary/aromatic N) is 1. The fourth-order valence-corrected chi connectivity index (χ4v) is 3.43. The minimum Gasteiger partial charge on any atom is -0.478 e. The molecule has 2 aromatic carbocycles. The monoisotopic (exact) mass is 313 g/mol. The van der Waals surface area contributed by atoms with E-state index in [9.17, 15) is 9.59 Å². The number of hydrogen-bond acceptors (Lipinski definition) is 3. The van der Waals surface area contributed by atoms with Crippen molar-refractivity contribution in [2.24, 2.45) is 0 Å². The number of aromatic carboxylic acids is 1. The van der Waals surface area contributed by atoms with Crippen molar-refractivity contribution in [3.63, 3.8) is 0 Å². The standard InChI is InChI=1S/C17H15NO3S/c19-16-9-10-22-15-4-2-1-3-14(15)18(16)11-12-5-7-13(8-6-12)17(20)21/h1-8H,9-11H2,(H,20,21). The number of benzene rings is 2. The van der Waals surface area contributed by atoms with Gasteiger partial charge in [0.1, 0.15) is 0 Å². The SMILES string of the molecule is O=C(O)c1ccc(CN2C(=O)CCSc3ccccc32)cc1. The van der Waals surface area contributed by atoms with Crippen molar-refractivity contribution in [1.82, 2.24) is 0 Å². The summed E-state index contributed by atoms with van der Waals surface area (Å²) in [6.07, 6.45) is 0.507. The predicted molar refractivity (Wildman–Crippen MR) is 86.4 cm³/mol. The summed E-state index contributed by atoms with van der Waals surface area (Å²) in [6, 6.07) is 14.5. The molecule has 5 heteroatoms. The zero-order valence-corrected chi connectivity index (χ0v) is 12.7. The molecule has 1 aliphatic heterocycles. The minimum atomic E-state index is -0.945. The van der Waals surface area contributed by atoms with E-state index in [1.807, 2.05) is 24.3 Å². The van der Waals surface area contributed by atoms with Crippen LogP contribution >= 0.6 is 11.8 Å². The minimum absolute atomic E-state index is 0.0970. The Morgan fingerprint density at radius 3 is 2.59 bits per heavy atom. The molecule has 3 rings (SSSR count). The Morgan fingerprint density at radius 2 is 1.86 bits per heavy atom. The van der Waals surface area contributed by atoms with Crippen LogP contribution in [0.5, 0.6) is 0 Å². The number of hydrogen-bond donors (Lipinski definition) is 1. The van der Waals surface area contributed by atoms with E-state index in [0.29, 0.717) is 13.0 Å². The summed E-state index contributed by atoms with van der Waals surface area (Å²) in [5.41, 5.74) is 2.10. The van der Waals surface area contributed by atoms with Crippen LogP contribution in [0.4, 0.5) is 5.69 Å². The van der Waals surface area contributed by atoms with Crippen LogP contribution in [0.25, 0.3) is 0 Å². The second-order valence-corrected chi connectivity index (χ2v) is 6.18. The van der Waals surface area contributed by atoms with E-state index in [1.165, 1.54) is 0 Å². The van der Waals surface area contributed by atoms with Gasteiger partial charge in [0.15, 0.2) is 0 Å². The number of carboxylic acids is 1. The van der Waals surface area contributed by atoms with E-state index in [2.05, 4.69) is 0 Å². The summed E-state index contributed by atoms with van der Waals surface area (Å²) in [5.74, 6) is -0.0662. The molecule has 4 nitrogen and oxygen atoms in total. The first-order valence-electron chi connectivity index (χ1n) is 6.99. The van der Waals surface area contributed by atoms with Crippen molar-refractivity contribution < 1.29 is 14.7 Å². The predicted octanol–water partition coefficient (Wildman–Crippen LogP) is 3.41. The second-order valence-electron chi connectivity index (χ2n) is 5.05. The molecule has 0 saturated heterocycles. The van der Waals surface area contributed by atoms with Crippen molar-refractivity contribution in [2.45, 2.75) is 17.9 Å². The van der Waals surface area contributed by atoms with Crippen LogP contribution in [-0.2, 0) is 11.3 Å². The van der Waals surface area contributed by atoms with E-state index >= 15 is 0 Å². The quantitative estimate of drug-likeness (QED) is 0.943. The summed E-state index contributed by atoms with van der Waals surface area (Å²) < 4.78 is 0. The first-order valence-corrected chi connectivity index (χ1v) is 7.98. The maximum Gasteiger partial charge on any atom is 0.335 e. The highest BCUT2D eigenvalue weighted by Crippen LogP contribution is 2.34. The first kappa shape index (κ1) is 14.7. The van der Waals surface area contributed by atoms with Crippen LogP contribution < -0.4 is 4.90 Å². The van der Waals surface area contributed by atoms with Crippen LogP contribution in [0.2, 0.25) is 0 Å². The first-order chi connectivity index (χ1) is 10.6. The highest BCUT2D eigenvalue weighted by Gasteiger charge is 2.22. The molecular formula is C17H15NO3S. The average molecular weight is 313 g/mol. The maximum absolute atomic E-state index is 12.4. The molecule has 0 radical (unpaired) electrons. The van der Waals surface area contributed by atoms with Crippen molar-refractivity contribution in [3.8, 4) is 0 Å². The molecule has 0 aliphatic carbocycles. The van der Waals surface area contributed by atoms with Gasteiger partial charge in [-0.1, -0.05) is 24.3 Å². The second kappa shape index (κ2) is 6.23. The zero-order valence-electron chi connectivity index (χ0n) is 11.9. The van der Waals surface area contributed by atoms with Crippen LogP contribution in [0.3, 0.4) is 0 Å². The van der Waals surface area contributed by atoms with Crippen molar-refractivity contribution in [2.75, 3.05) is 10.7 Å². The lowest BCUT2D eigenvalue weighted by Gasteiger charge is -2.22. The van der Waals surface area contributed by atoms with Gasteiger partial charge in [0, 0.05) is 17.1 Å². The zero-order chi connectivity index (χ0) is 15.5. The number of para-hydroxylation sites is 1. The van der Waals surface area contributed by atoms with Gasteiger partial charge in [-0.3, -0.25) is 4.79 Å². The van der Waals surface area contributed by atoms with Gasteiger partial charge in [0.2, 0.25) is 5.91 Å². The molecule has 1 N–H and O–H groups in total. The molecule has 0 unspecified atom stereocenters. The van der Waals surface area contributed by atoms with Crippen LogP contribution in [0.15, 0.2) is 53.4 Å². The van der Waals surface area contributed by atoms with Gasteiger partial charge >= 0.3 is 5.97 Å². The smallest absolute Gasteiger partial charge is 0.335 e. The van der Waals surface area contributed by atoms with Crippen LogP contribution in [-0.4, -0.2) is 22.7 Å². The van der Waals surface area contributed by atoms with Gasteiger partial charge in [-0.15, -0.1) is 11.8 Å². The Kier molecular flexibility index (Phi) is 4.15. The number of carbonyl (C=O) groups excluding carboxylic acids is 1. The number of carbonyl (C=O) groups is 2. The Labute approximate surface area is 132 Å². The van der Waals surface area contributed by atoms with Gasteiger partial charge in [-0.25, -0.2) is 4.79 Å². The van der Waals surface area contributed by atoms with E-state index in [1.54, 1.807) is 40.9 Å². The fraction of sp³-hybridized carbons (Fsp3) is 0.176. The summed E-state index contributed by atoms with van der Waals surface area (Å²) in [4.78, 5) is 26.2. The molecule has 0 spiro atoms. The van der Waals surface area contributed by atoms with E-state index in [0.717, 1.165) is 21.9 Å². The summed E-state index contributed by atoms with van der Waals surface area (Å²) in [7, 11) is 0. The van der Waals surface area contributed by atoms with E-state index < -0.39 is 5.97 Å². The van der Waals surface area contributed by atoms with E-state index in [4.69, 9.17) is 5.11 Å². The molecule has 0 saturated carbocycles. The highest BCUT2D eigenvalue weighted by molar-refractivity contribution is 7.99. The molecule has 0 atom stereocenters. The normalized spacial score (nSPS) is 14.4. The fourth-order valence-electron chi connectivity index (χ4n) is 2.43. The summed E-state index contributed by atoms with van der Waals surface area (Å²) in [6.45, 7) is 0.455. The molecule has 1 heterocycles. The number of amides is 1. The maximum atomic E-state index is 12.4. The van der Waals surface area contributed by atoms with Gasteiger partial charge in [0.25, 0.3) is 0 Å². The van der Waals surface area contributed by atoms with Crippen LogP contribution in [0, 0.1) is 0 Å². The largest absolute Gasteiger partial charge is 0.478 e. The third-order valence-electron chi connectivity index (χ3n) is 3.57. The Morgan fingerprint density at radius 1 is 1.14 bits per heavy atom. The average Bonchev–Trinajstić information content (AvgIpc) is 2.68. The third-order valence-corrected chi connectivity index (χ3v) is 4.64. The highest BCUT2D eigenvalue weighted by atomic mass is 32.2. The van der Waals surface area contributed by atoms with Gasteiger partial charge in [0.05, 0.1) is 17.8 Å². The van der Waals surface area contributed by atoms with E-state index in [-0.39, 0.29) is 11.5 Å². The number of carboxylic acid groups (broad SMARTS) is 1. The molecule has 112 valence electrons. The molecule has 0 bridgehead atoms. The summed E-state index contributed by atoms with van der Waals surface area (Å²) in [5, 5.41) is 8.94. The Bertz CT molecular complexity index is 712. The lowest BCUT2D eigenvalue weighted by atomic mass is 10.1. The molecular weight excluding hydrogens is 298 g/mol. The van der Waals surface area contributed by atoms with Crippen molar-refractivity contribution in [3.05, 3.63) is 59.7 Å². The van der Waals surface area contributed by atoms with Gasteiger partial charge < -0.3 is 10.0 Å². The molecule has 22 heavy (non-hydrogen) atoms. The Balaban J connectivity index is 1.89. The molecule has 0 aromatic heterocycles. The summed E-state index contributed by atoms with van der Waals surface area (Å²) >= 11 is 1.69. The van der Waals surface area contributed by atoms with Crippen LogP contribution in [0.1, 0.15) is 22.3 Å². The number of thioether (sulfide) groups is 1. The number of anilines is 1. The topological polar surface area (TPSA) is 57.6 Å². The number of rotatable bonds is 3. The van der Waals surface area contributed by atoms with Crippen molar-refractivity contribution in [1.29, 1.82) is 0 Å².